The third-order valence-corrected chi connectivity index (χ3v) is 5.39. The molecule has 2 aliphatic heterocycles. The summed E-state index contributed by atoms with van der Waals surface area (Å²) in [5.41, 5.74) is -0.308. The summed E-state index contributed by atoms with van der Waals surface area (Å²) in [5.74, 6) is 0.216. The Morgan fingerprint density at radius 2 is 1.50 bits per heavy atom. The standard InChI is InChI=1S/C16H26N2O2/c19-14-13-16(7-3-1-4-8-16)15(20)18(14)12-11-17-9-5-2-6-10-17/h1-13H2. The fraction of sp³-hybridized carbons (Fsp3) is 0.875. The van der Waals surface area contributed by atoms with Crippen LogP contribution in [-0.4, -0.2) is 47.8 Å². The van der Waals surface area contributed by atoms with Crippen LogP contribution in [0.2, 0.25) is 0 Å². The first-order valence-electron chi connectivity index (χ1n) is 8.28. The van der Waals surface area contributed by atoms with Gasteiger partial charge in [0.05, 0.1) is 5.41 Å². The average molecular weight is 278 g/mol. The minimum absolute atomic E-state index is 0.0777. The van der Waals surface area contributed by atoms with Gasteiger partial charge in [-0.15, -0.1) is 0 Å². The van der Waals surface area contributed by atoms with Crippen LogP contribution in [0.3, 0.4) is 0 Å². The second kappa shape index (κ2) is 5.84. The van der Waals surface area contributed by atoms with Crippen LogP contribution in [0.1, 0.15) is 57.8 Å². The molecule has 2 amide bonds. The molecule has 0 unspecified atom stereocenters. The van der Waals surface area contributed by atoms with Gasteiger partial charge in [-0.3, -0.25) is 14.5 Å². The summed E-state index contributed by atoms with van der Waals surface area (Å²) in [6, 6.07) is 0. The molecular weight excluding hydrogens is 252 g/mol. The molecular formula is C16H26N2O2. The van der Waals surface area contributed by atoms with Crippen LogP contribution >= 0.6 is 0 Å². The Bertz CT molecular complexity index is 382. The van der Waals surface area contributed by atoms with Crippen molar-refractivity contribution in [2.24, 2.45) is 5.41 Å². The molecule has 4 heteroatoms. The van der Waals surface area contributed by atoms with Crippen molar-refractivity contribution in [3.8, 4) is 0 Å². The lowest BCUT2D eigenvalue weighted by atomic mass is 9.73. The van der Waals surface area contributed by atoms with E-state index >= 15 is 0 Å². The Kier molecular flexibility index (Phi) is 4.11. The lowest BCUT2D eigenvalue weighted by molar-refractivity contribution is -0.142. The van der Waals surface area contributed by atoms with Gasteiger partial charge in [0.1, 0.15) is 0 Å². The second-order valence-electron chi connectivity index (χ2n) is 6.77. The maximum atomic E-state index is 12.7. The molecule has 0 atom stereocenters. The molecule has 1 aliphatic carbocycles. The molecule has 0 N–H and O–H groups in total. The molecule has 0 aromatic rings. The number of imide groups is 1. The molecule has 0 radical (unpaired) electrons. The normalized spacial score (nSPS) is 27.5. The maximum Gasteiger partial charge on any atom is 0.235 e. The second-order valence-corrected chi connectivity index (χ2v) is 6.77. The molecule has 3 fully saturated rings. The molecule has 2 saturated heterocycles. The molecule has 1 saturated carbocycles. The van der Waals surface area contributed by atoms with Crippen molar-refractivity contribution in [1.29, 1.82) is 0 Å². The van der Waals surface area contributed by atoms with E-state index in [1.54, 1.807) is 4.90 Å². The lowest BCUT2D eigenvalue weighted by Gasteiger charge is -2.31. The quantitative estimate of drug-likeness (QED) is 0.743. The summed E-state index contributed by atoms with van der Waals surface area (Å²) in [6.07, 6.45) is 9.61. The molecule has 4 nitrogen and oxygen atoms in total. The van der Waals surface area contributed by atoms with Gasteiger partial charge in [0.15, 0.2) is 0 Å². The molecule has 0 aromatic heterocycles. The molecule has 112 valence electrons. The van der Waals surface area contributed by atoms with Gasteiger partial charge >= 0.3 is 0 Å². The molecule has 20 heavy (non-hydrogen) atoms. The SMILES string of the molecule is O=C1CC2(CCCCC2)C(=O)N1CCN1CCCCC1. The predicted molar refractivity (Wildman–Crippen MR) is 77.1 cm³/mol. The van der Waals surface area contributed by atoms with E-state index in [2.05, 4.69) is 4.90 Å². The molecule has 0 aromatic carbocycles. The number of likely N-dealkylation sites (tertiary alicyclic amines) is 2. The van der Waals surface area contributed by atoms with Crippen molar-refractivity contribution >= 4 is 11.8 Å². The third-order valence-electron chi connectivity index (χ3n) is 5.39. The number of hydrogen-bond acceptors (Lipinski definition) is 3. The fourth-order valence-electron chi connectivity index (χ4n) is 4.13. The monoisotopic (exact) mass is 278 g/mol. The maximum absolute atomic E-state index is 12.7. The predicted octanol–water partition coefficient (Wildman–Crippen LogP) is 2.18. The Morgan fingerprint density at radius 3 is 2.20 bits per heavy atom. The van der Waals surface area contributed by atoms with Gasteiger partial charge in [-0.1, -0.05) is 25.7 Å². The lowest BCUT2D eigenvalue weighted by Crippen LogP contribution is -2.42. The van der Waals surface area contributed by atoms with Crippen LogP contribution in [0.25, 0.3) is 0 Å². The number of hydrogen-bond donors (Lipinski definition) is 0. The van der Waals surface area contributed by atoms with E-state index < -0.39 is 0 Å². The summed E-state index contributed by atoms with van der Waals surface area (Å²) < 4.78 is 0. The molecule has 1 spiro atoms. The van der Waals surface area contributed by atoms with Gasteiger partial charge in [0.2, 0.25) is 11.8 Å². The van der Waals surface area contributed by atoms with Crippen LogP contribution in [0.4, 0.5) is 0 Å². The summed E-state index contributed by atoms with van der Waals surface area (Å²) in [7, 11) is 0. The molecule has 3 rings (SSSR count). The minimum atomic E-state index is -0.308. The van der Waals surface area contributed by atoms with Gasteiger partial charge in [-0.05, 0) is 38.8 Å². The van der Waals surface area contributed by atoms with Crippen molar-refractivity contribution in [2.75, 3.05) is 26.2 Å². The van der Waals surface area contributed by atoms with E-state index in [0.29, 0.717) is 13.0 Å². The van der Waals surface area contributed by atoms with Gasteiger partial charge in [0.25, 0.3) is 0 Å². The largest absolute Gasteiger partial charge is 0.302 e. The highest BCUT2D eigenvalue weighted by molar-refractivity contribution is 6.05. The Labute approximate surface area is 121 Å². The summed E-state index contributed by atoms with van der Waals surface area (Å²) in [6.45, 7) is 3.73. The summed E-state index contributed by atoms with van der Waals surface area (Å²) >= 11 is 0. The summed E-state index contributed by atoms with van der Waals surface area (Å²) in [4.78, 5) is 28.8. The van der Waals surface area contributed by atoms with E-state index in [1.165, 1.54) is 25.7 Å². The van der Waals surface area contributed by atoms with E-state index in [4.69, 9.17) is 0 Å². The van der Waals surface area contributed by atoms with E-state index in [-0.39, 0.29) is 17.2 Å². The van der Waals surface area contributed by atoms with Gasteiger partial charge in [-0.25, -0.2) is 0 Å². The van der Waals surface area contributed by atoms with Crippen molar-refractivity contribution in [3.63, 3.8) is 0 Å². The average Bonchev–Trinajstić information content (AvgIpc) is 2.70. The van der Waals surface area contributed by atoms with Crippen LogP contribution in [0.5, 0.6) is 0 Å². The number of amides is 2. The highest BCUT2D eigenvalue weighted by Crippen LogP contribution is 2.45. The third kappa shape index (κ3) is 2.62. The van der Waals surface area contributed by atoms with Crippen molar-refractivity contribution in [2.45, 2.75) is 57.8 Å². The zero-order valence-electron chi connectivity index (χ0n) is 12.4. The fourth-order valence-corrected chi connectivity index (χ4v) is 4.13. The van der Waals surface area contributed by atoms with Gasteiger partial charge < -0.3 is 4.90 Å². The zero-order valence-corrected chi connectivity index (χ0v) is 12.4. The highest BCUT2D eigenvalue weighted by atomic mass is 16.2. The Hall–Kier alpha value is -0.900. The van der Waals surface area contributed by atoms with E-state index in [0.717, 1.165) is 45.3 Å². The number of rotatable bonds is 3. The van der Waals surface area contributed by atoms with E-state index in [1.807, 2.05) is 0 Å². The smallest absolute Gasteiger partial charge is 0.235 e. The van der Waals surface area contributed by atoms with Crippen molar-refractivity contribution < 1.29 is 9.59 Å². The van der Waals surface area contributed by atoms with Crippen LogP contribution < -0.4 is 0 Å². The van der Waals surface area contributed by atoms with E-state index in [9.17, 15) is 9.59 Å². The number of carbonyl (C=O) groups is 2. The van der Waals surface area contributed by atoms with Crippen LogP contribution in [0.15, 0.2) is 0 Å². The topological polar surface area (TPSA) is 40.6 Å². The number of nitrogens with zero attached hydrogens (tertiary/aromatic N) is 2. The zero-order chi connectivity index (χ0) is 14.0. The summed E-state index contributed by atoms with van der Waals surface area (Å²) in [5, 5.41) is 0. The number of carbonyl (C=O) groups excluding carboxylic acids is 2. The molecule has 3 aliphatic rings. The first-order valence-corrected chi connectivity index (χ1v) is 8.28. The first kappa shape index (κ1) is 14.1. The van der Waals surface area contributed by atoms with Gasteiger partial charge in [-0.2, -0.15) is 0 Å². The van der Waals surface area contributed by atoms with Crippen molar-refractivity contribution in [1.82, 2.24) is 9.80 Å². The van der Waals surface area contributed by atoms with Crippen LogP contribution in [-0.2, 0) is 9.59 Å². The minimum Gasteiger partial charge on any atom is -0.302 e. The van der Waals surface area contributed by atoms with Crippen LogP contribution in [0, 0.1) is 5.41 Å². The highest BCUT2D eigenvalue weighted by Gasteiger charge is 2.51. The Morgan fingerprint density at radius 1 is 0.850 bits per heavy atom. The molecule has 2 heterocycles. The molecule has 0 bridgehead atoms. The Balaban J connectivity index is 1.58. The first-order chi connectivity index (χ1) is 9.71. The van der Waals surface area contributed by atoms with Gasteiger partial charge in [0, 0.05) is 19.5 Å². The number of piperidine rings is 1. The van der Waals surface area contributed by atoms with Crippen molar-refractivity contribution in [3.05, 3.63) is 0 Å².